The molecule has 0 saturated carbocycles. The average Bonchev–Trinajstić information content (AvgIpc) is 2.34. The molecule has 0 heterocycles. The molecular formula is C14H17NO4S. The maximum atomic E-state index is 12.0. The van der Waals surface area contributed by atoms with Crippen LogP contribution in [0.5, 0.6) is 0 Å². The Kier molecular flexibility index (Phi) is 5.74. The lowest BCUT2D eigenvalue weighted by atomic mass is 10.0. The lowest BCUT2D eigenvalue weighted by Crippen LogP contribution is -2.29. The van der Waals surface area contributed by atoms with Crippen LogP contribution in [0, 0.1) is 18.8 Å². The van der Waals surface area contributed by atoms with Gasteiger partial charge < -0.3 is 10.4 Å². The molecular weight excluding hydrogens is 278 g/mol. The topological polar surface area (TPSA) is 83.5 Å². The Hall–Kier alpha value is -1.84. The van der Waals surface area contributed by atoms with Crippen molar-refractivity contribution in [3.63, 3.8) is 0 Å². The number of hydrogen-bond donors (Lipinski definition) is 2. The normalized spacial score (nSPS) is 10.6. The van der Waals surface area contributed by atoms with Gasteiger partial charge in [0.2, 0.25) is 0 Å². The summed E-state index contributed by atoms with van der Waals surface area (Å²) in [7, 11) is -3.11. The summed E-state index contributed by atoms with van der Waals surface area (Å²) in [6.45, 7) is 1.64. The van der Waals surface area contributed by atoms with Crippen LogP contribution in [0.25, 0.3) is 0 Å². The van der Waals surface area contributed by atoms with E-state index in [0.717, 1.165) is 11.8 Å². The fourth-order valence-electron chi connectivity index (χ4n) is 1.54. The van der Waals surface area contributed by atoms with E-state index in [2.05, 4.69) is 17.2 Å². The fourth-order valence-corrected chi connectivity index (χ4v) is 2.01. The van der Waals surface area contributed by atoms with Gasteiger partial charge in [-0.3, -0.25) is 4.79 Å². The van der Waals surface area contributed by atoms with Gasteiger partial charge in [-0.05, 0) is 24.6 Å². The number of carbonyl (C=O) groups is 1. The number of nitrogens with one attached hydrogen (secondary N) is 1. The highest BCUT2D eigenvalue weighted by atomic mass is 32.2. The van der Waals surface area contributed by atoms with E-state index in [-0.39, 0.29) is 24.8 Å². The van der Waals surface area contributed by atoms with Crippen LogP contribution in [0.15, 0.2) is 18.2 Å². The van der Waals surface area contributed by atoms with Crippen molar-refractivity contribution in [1.82, 2.24) is 5.32 Å². The standard InChI is InChI=1S/C14H17NO4S/c1-11-5-6-13(12(10-11)4-3-8-16)14(17)15-7-9-20(2,18)19/h5-6,10,16H,7-9H2,1-2H3,(H,15,17). The summed E-state index contributed by atoms with van der Waals surface area (Å²) in [6, 6.07) is 5.15. The Bertz CT molecular complexity index is 653. The van der Waals surface area contributed by atoms with Crippen LogP contribution < -0.4 is 5.32 Å². The van der Waals surface area contributed by atoms with Crippen molar-refractivity contribution in [1.29, 1.82) is 0 Å². The molecule has 0 aliphatic rings. The van der Waals surface area contributed by atoms with Crippen molar-refractivity contribution in [3.8, 4) is 11.8 Å². The molecule has 5 nitrogen and oxygen atoms in total. The van der Waals surface area contributed by atoms with Crippen LogP contribution in [0.4, 0.5) is 0 Å². The first-order chi connectivity index (χ1) is 9.33. The largest absolute Gasteiger partial charge is 0.384 e. The molecule has 20 heavy (non-hydrogen) atoms. The van der Waals surface area contributed by atoms with E-state index < -0.39 is 9.84 Å². The second-order valence-electron chi connectivity index (χ2n) is 4.39. The third kappa shape index (κ3) is 5.43. The monoisotopic (exact) mass is 295 g/mol. The first kappa shape index (κ1) is 16.2. The molecule has 0 fully saturated rings. The molecule has 0 atom stereocenters. The number of sulfone groups is 1. The van der Waals surface area contributed by atoms with E-state index in [1.165, 1.54) is 0 Å². The maximum absolute atomic E-state index is 12.0. The molecule has 0 aliphatic carbocycles. The number of hydrogen-bond acceptors (Lipinski definition) is 4. The smallest absolute Gasteiger partial charge is 0.252 e. The van der Waals surface area contributed by atoms with Gasteiger partial charge in [-0.25, -0.2) is 8.42 Å². The summed E-state index contributed by atoms with van der Waals surface area (Å²) in [5.41, 5.74) is 1.82. The van der Waals surface area contributed by atoms with Gasteiger partial charge in [-0.1, -0.05) is 17.9 Å². The van der Waals surface area contributed by atoms with Crippen molar-refractivity contribution >= 4 is 15.7 Å². The SMILES string of the molecule is Cc1ccc(C(=O)NCCS(C)(=O)=O)c(C#CCO)c1. The van der Waals surface area contributed by atoms with Gasteiger partial charge in [0.05, 0.1) is 11.3 Å². The molecule has 0 spiro atoms. The lowest BCUT2D eigenvalue weighted by Gasteiger charge is -2.07. The molecule has 108 valence electrons. The van der Waals surface area contributed by atoms with Gasteiger partial charge in [0, 0.05) is 18.4 Å². The number of benzene rings is 1. The highest BCUT2D eigenvalue weighted by molar-refractivity contribution is 7.90. The van der Waals surface area contributed by atoms with E-state index in [4.69, 9.17) is 5.11 Å². The van der Waals surface area contributed by atoms with Gasteiger partial charge in [-0.15, -0.1) is 0 Å². The van der Waals surface area contributed by atoms with Gasteiger partial charge in [-0.2, -0.15) is 0 Å². The second kappa shape index (κ2) is 7.08. The highest BCUT2D eigenvalue weighted by Crippen LogP contribution is 2.10. The minimum absolute atomic E-state index is 0.0540. The summed E-state index contributed by atoms with van der Waals surface area (Å²) in [4.78, 5) is 12.0. The molecule has 0 bridgehead atoms. The lowest BCUT2D eigenvalue weighted by molar-refractivity contribution is 0.0956. The molecule has 0 unspecified atom stereocenters. The first-order valence-electron chi connectivity index (χ1n) is 6.00. The van der Waals surface area contributed by atoms with Crippen LogP contribution in [0.3, 0.4) is 0 Å². The molecule has 0 aliphatic heterocycles. The van der Waals surface area contributed by atoms with E-state index in [1.54, 1.807) is 18.2 Å². The third-order valence-electron chi connectivity index (χ3n) is 2.48. The zero-order chi connectivity index (χ0) is 15.2. The number of amides is 1. The quantitative estimate of drug-likeness (QED) is 0.773. The number of rotatable bonds is 4. The van der Waals surface area contributed by atoms with Crippen LogP contribution in [0.1, 0.15) is 21.5 Å². The highest BCUT2D eigenvalue weighted by Gasteiger charge is 2.11. The maximum Gasteiger partial charge on any atom is 0.252 e. The van der Waals surface area contributed by atoms with E-state index in [9.17, 15) is 13.2 Å². The van der Waals surface area contributed by atoms with Gasteiger partial charge >= 0.3 is 0 Å². The van der Waals surface area contributed by atoms with Gasteiger partial charge in [0.25, 0.3) is 5.91 Å². The predicted molar refractivity (Wildman–Crippen MR) is 77.2 cm³/mol. The van der Waals surface area contributed by atoms with Crippen LogP contribution in [-0.2, 0) is 9.84 Å². The Morgan fingerprint density at radius 2 is 2.10 bits per heavy atom. The molecule has 1 amide bonds. The summed E-state index contributed by atoms with van der Waals surface area (Å²) in [5, 5.41) is 11.3. The summed E-state index contributed by atoms with van der Waals surface area (Å²) >= 11 is 0. The first-order valence-corrected chi connectivity index (χ1v) is 8.06. The Morgan fingerprint density at radius 3 is 2.70 bits per heavy atom. The summed E-state index contributed by atoms with van der Waals surface area (Å²) in [5.74, 6) is 4.72. The summed E-state index contributed by atoms with van der Waals surface area (Å²) in [6.07, 6.45) is 1.11. The Morgan fingerprint density at radius 1 is 1.40 bits per heavy atom. The molecule has 0 radical (unpaired) electrons. The number of aliphatic hydroxyl groups is 1. The minimum Gasteiger partial charge on any atom is -0.384 e. The summed E-state index contributed by atoms with van der Waals surface area (Å²) < 4.78 is 22.0. The molecule has 2 N–H and O–H groups in total. The second-order valence-corrected chi connectivity index (χ2v) is 6.65. The zero-order valence-corrected chi connectivity index (χ0v) is 12.3. The van der Waals surface area contributed by atoms with E-state index in [1.807, 2.05) is 6.92 Å². The average molecular weight is 295 g/mol. The number of aliphatic hydroxyl groups excluding tert-OH is 1. The van der Waals surface area contributed by atoms with Crippen molar-refractivity contribution in [3.05, 3.63) is 34.9 Å². The predicted octanol–water partition coefficient (Wildman–Crippen LogP) is 0.113. The van der Waals surface area contributed by atoms with Crippen LogP contribution in [0.2, 0.25) is 0 Å². The van der Waals surface area contributed by atoms with E-state index >= 15 is 0 Å². The molecule has 6 heteroatoms. The van der Waals surface area contributed by atoms with E-state index in [0.29, 0.717) is 11.1 Å². The fraction of sp³-hybridized carbons (Fsp3) is 0.357. The minimum atomic E-state index is -3.11. The molecule has 0 aromatic heterocycles. The van der Waals surface area contributed by atoms with Gasteiger partial charge in [0.1, 0.15) is 16.4 Å². The third-order valence-corrected chi connectivity index (χ3v) is 3.43. The van der Waals surface area contributed by atoms with Crippen molar-refractivity contribution in [2.45, 2.75) is 6.92 Å². The van der Waals surface area contributed by atoms with Crippen LogP contribution in [-0.4, -0.2) is 44.6 Å². The van der Waals surface area contributed by atoms with Crippen molar-refractivity contribution in [2.75, 3.05) is 25.2 Å². The Balaban J connectivity index is 2.87. The van der Waals surface area contributed by atoms with Gasteiger partial charge in [0.15, 0.2) is 0 Å². The zero-order valence-electron chi connectivity index (χ0n) is 11.4. The van der Waals surface area contributed by atoms with Crippen molar-refractivity contribution in [2.24, 2.45) is 0 Å². The van der Waals surface area contributed by atoms with Crippen molar-refractivity contribution < 1.29 is 18.3 Å². The Labute approximate surface area is 118 Å². The molecule has 1 rings (SSSR count). The molecule has 0 saturated heterocycles. The molecule has 1 aromatic rings. The molecule has 1 aromatic carbocycles. The number of aryl methyl sites for hydroxylation is 1. The number of carbonyl (C=O) groups excluding carboxylic acids is 1. The van der Waals surface area contributed by atoms with Crippen LogP contribution >= 0.6 is 0 Å².